The summed E-state index contributed by atoms with van der Waals surface area (Å²) in [5.41, 5.74) is 0.587. The summed E-state index contributed by atoms with van der Waals surface area (Å²) in [5, 5.41) is 2.88. The van der Waals surface area contributed by atoms with Crippen LogP contribution in [0.3, 0.4) is 0 Å². The molecule has 28 heavy (non-hydrogen) atoms. The maximum atomic E-state index is 13.4. The molecule has 0 radical (unpaired) electrons. The first kappa shape index (κ1) is 21.3. The number of fused-ring (bicyclic) bond motifs is 2. The van der Waals surface area contributed by atoms with Crippen molar-refractivity contribution in [3.05, 3.63) is 29.8 Å². The Kier molecular flexibility index (Phi) is 5.67. The van der Waals surface area contributed by atoms with Crippen molar-refractivity contribution in [3.63, 3.8) is 0 Å². The van der Waals surface area contributed by atoms with Gasteiger partial charge in [-0.05, 0) is 60.6 Å². The summed E-state index contributed by atoms with van der Waals surface area (Å²) in [6.45, 7) is 12.0. The van der Waals surface area contributed by atoms with Crippen molar-refractivity contribution in [1.82, 2.24) is 9.62 Å². The standard InChI is InChI=1S/C22H34N2O3S/c1-16(2)9-10-23-20(25)17-7-6-8-19(11-17)28(26,27)24-15-22(5)13-18(24)12-21(3,4)14-22/h6-8,11,16,18H,9-10,12-15H2,1-5H3,(H,23,25)/t18-,22-/m0/s1. The molecule has 2 atom stereocenters. The zero-order valence-electron chi connectivity index (χ0n) is 17.8. The highest BCUT2D eigenvalue weighted by Crippen LogP contribution is 2.53. The summed E-state index contributed by atoms with van der Waals surface area (Å²) in [4.78, 5) is 12.6. The molecule has 1 aliphatic heterocycles. The van der Waals surface area contributed by atoms with Crippen LogP contribution in [0.5, 0.6) is 0 Å². The van der Waals surface area contributed by atoms with Crippen LogP contribution in [0.2, 0.25) is 0 Å². The van der Waals surface area contributed by atoms with Gasteiger partial charge in [-0.2, -0.15) is 4.31 Å². The molecule has 0 aromatic heterocycles. The number of amides is 1. The molecule has 0 spiro atoms. The van der Waals surface area contributed by atoms with Crippen LogP contribution in [0.4, 0.5) is 0 Å². The minimum Gasteiger partial charge on any atom is -0.352 e. The normalized spacial score (nSPS) is 27.1. The van der Waals surface area contributed by atoms with E-state index in [1.165, 1.54) is 6.07 Å². The Morgan fingerprint density at radius 3 is 2.64 bits per heavy atom. The van der Waals surface area contributed by atoms with E-state index in [4.69, 9.17) is 0 Å². The maximum absolute atomic E-state index is 13.4. The third-order valence-corrected chi connectivity index (χ3v) is 7.97. The summed E-state index contributed by atoms with van der Waals surface area (Å²) in [6, 6.07) is 6.52. The first-order valence-electron chi connectivity index (χ1n) is 10.3. The molecular weight excluding hydrogens is 372 g/mol. The number of nitrogens with zero attached hydrogens (tertiary/aromatic N) is 1. The maximum Gasteiger partial charge on any atom is 0.251 e. The summed E-state index contributed by atoms with van der Waals surface area (Å²) in [5.74, 6) is 0.290. The molecule has 2 bridgehead atoms. The molecule has 156 valence electrons. The van der Waals surface area contributed by atoms with E-state index in [9.17, 15) is 13.2 Å². The van der Waals surface area contributed by atoms with E-state index < -0.39 is 10.0 Å². The van der Waals surface area contributed by atoms with E-state index in [-0.39, 0.29) is 27.7 Å². The molecule has 3 rings (SSSR count). The van der Waals surface area contributed by atoms with E-state index in [0.717, 1.165) is 25.7 Å². The average Bonchev–Trinajstić information content (AvgIpc) is 2.84. The number of sulfonamides is 1. The molecule has 1 aromatic rings. The van der Waals surface area contributed by atoms with Crippen molar-refractivity contribution in [2.75, 3.05) is 13.1 Å². The monoisotopic (exact) mass is 406 g/mol. The predicted octanol–water partition coefficient (Wildman–Crippen LogP) is 4.05. The van der Waals surface area contributed by atoms with Gasteiger partial charge >= 0.3 is 0 Å². The molecule has 1 N–H and O–H groups in total. The smallest absolute Gasteiger partial charge is 0.251 e. The van der Waals surface area contributed by atoms with Gasteiger partial charge in [0.25, 0.3) is 5.91 Å². The Balaban J connectivity index is 1.80. The zero-order chi connectivity index (χ0) is 20.7. The number of rotatable bonds is 6. The number of hydrogen-bond donors (Lipinski definition) is 1. The van der Waals surface area contributed by atoms with Crippen LogP contribution in [0.15, 0.2) is 29.2 Å². The molecule has 0 unspecified atom stereocenters. The van der Waals surface area contributed by atoms with Crippen LogP contribution in [-0.2, 0) is 10.0 Å². The third kappa shape index (κ3) is 4.43. The molecule has 1 heterocycles. The minimum absolute atomic E-state index is 0.0331. The first-order valence-corrected chi connectivity index (χ1v) is 11.8. The second kappa shape index (κ2) is 7.45. The molecule has 1 amide bonds. The van der Waals surface area contributed by atoms with Crippen molar-refractivity contribution < 1.29 is 13.2 Å². The van der Waals surface area contributed by atoms with Gasteiger partial charge in [-0.15, -0.1) is 0 Å². The van der Waals surface area contributed by atoms with Gasteiger partial charge in [0.2, 0.25) is 10.0 Å². The lowest BCUT2D eigenvalue weighted by molar-refractivity contribution is 0.0951. The number of benzene rings is 1. The number of nitrogens with one attached hydrogen (secondary N) is 1. The van der Waals surface area contributed by atoms with E-state index in [1.54, 1.807) is 22.5 Å². The molecule has 2 fully saturated rings. The fourth-order valence-corrected chi connectivity index (χ4v) is 7.02. The quantitative estimate of drug-likeness (QED) is 0.775. The van der Waals surface area contributed by atoms with Crippen LogP contribution in [0.25, 0.3) is 0 Å². The minimum atomic E-state index is -3.62. The second-order valence-electron chi connectivity index (χ2n) is 10.2. The largest absolute Gasteiger partial charge is 0.352 e. The van der Waals surface area contributed by atoms with Crippen molar-refractivity contribution in [1.29, 1.82) is 0 Å². The van der Waals surface area contributed by atoms with Crippen LogP contribution in [0.1, 0.15) is 70.7 Å². The van der Waals surface area contributed by atoms with Crippen LogP contribution in [-0.4, -0.2) is 37.8 Å². The third-order valence-electron chi connectivity index (χ3n) is 6.08. The van der Waals surface area contributed by atoms with Gasteiger partial charge < -0.3 is 5.32 Å². The van der Waals surface area contributed by atoms with Crippen LogP contribution in [0, 0.1) is 16.7 Å². The lowest BCUT2D eigenvalue weighted by Gasteiger charge is -2.39. The molecular formula is C22H34N2O3S. The Labute approximate surface area is 169 Å². The average molecular weight is 407 g/mol. The van der Waals surface area contributed by atoms with E-state index in [0.29, 0.717) is 24.6 Å². The Bertz CT molecular complexity index is 847. The number of carbonyl (C=O) groups excluding carboxylic acids is 1. The number of carbonyl (C=O) groups is 1. The van der Waals surface area contributed by atoms with Gasteiger partial charge in [-0.1, -0.05) is 40.7 Å². The summed E-state index contributed by atoms with van der Waals surface area (Å²) in [6.07, 6.45) is 3.75. The fraction of sp³-hybridized carbons (Fsp3) is 0.682. The highest BCUT2D eigenvalue weighted by molar-refractivity contribution is 7.89. The van der Waals surface area contributed by atoms with Gasteiger partial charge in [0.05, 0.1) is 4.90 Å². The second-order valence-corrected chi connectivity index (χ2v) is 12.1. The van der Waals surface area contributed by atoms with Crippen LogP contribution >= 0.6 is 0 Å². The van der Waals surface area contributed by atoms with Crippen molar-refractivity contribution in [2.45, 2.75) is 71.2 Å². The van der Waals surface area contributed by atoms with Crippen LogP contribution < -0.4 is 5.32 Å². The van der Waals surface area contributed by atoms with E-state index in [2.05, 4.69) is 39.9 Å². The fourth-order valence-electron chi connectivity index (χ4n) is 5.20. The number of hydrogen-bond acceptors (Lipinski definition) is 3. The molecule has 2 aliphatic rings. The molecule has 6 heteroatoms. The summed E-state index contributed by atoms with van der Waals surface area (Å²) >= 11 is 0. The first-order chi connectivity index (χ1) is 12.9. The van der Waals surface area contributed by atoms with Crippen molar-refractivity contribution in [3.8, 4) is 0 Å². The van der Waals surface area contributed by atoms with E-state index in [1.807, 2.05) is 0 Å². The van der Waals surface area contributed by atoms with Gasteiger partial charge in [0, 0.05) is 24.7 Å². The Morgan fingerprint density at radius 1 is 1.25 bits per heavy atom. The SMILES string of the molecule is CC(C)CCNC(=O)c1cccc(S(=O)(=O)N2C[C@@]3(C)C[C@@H]2CC(C)(C)C3)c1. The molecule has 5 nitrogen and oxygen atoms in total. The lowest BCUT2D eigenvalue weighted by atomic mass is 9.65. The van der Waals surface area contributed by atoms with Gasteiger partial charge in [0.1, 0.15) is 0 Å². The lowest BCUT2D eigenvalue weighted by Crippen LogP contribution is -2.37. The van der Waals surface area contributed by atoms with Gasteiger partial charge in [-0.3, -0.25) is 4.79 Å². The zero-order valence-corrected chi connectivity index (χ0v) is 18.6. The molecule has 1 aliphatic carbocycles. The highest BCUT2D eigenvalue weighted by Gasteiger charge is 2.53. The predicted molar refractivity (Wildman–Crippen MR) is 112 cm³/mol. The van der Waals surface area contributed by atoms with Crippen molar-refractivity contribution >= 4 is 15.9 Å². The van der Waals surface area contributed by atoms with Gasteiger partial charge in [-0.25, -0.2) is 8.42 Å². The molecule has 1 aromatic carbocycles. The van der Waals surface area contributed by atoms with E-state index >= 15 is 0 Å². The Morgan fingerprint density at radius 2 is 1.96 bits per heavy atom. The molecule has 1 saturated heterocycles. The molecule has 1 saturated carbocycles. The highest BCUT2D eigenvalue weighted by atomic mass is 32.2. The van der Waals surface area contributed by atoms with Gasteiger partial charge in [0.15, 0.2) is 0 Å². The summed E-state index contributed by atoms with van der Waals surface area (Å²) < 4.78 is 28.5. The van der Waals surface area contributed by atoms with Crippen molar-refractivity contribution in [2.24, 2.45) is 16.7 Å². The Hall–Kier alpha value is -1.40. The topological polar surface area (TPSA) is 66.5 Å². The summed E-state index contributed by atoms with van der Waals surface area (Å²) in [7, 11) is -3.62.